The predicted octanol–water partition coefficient (Wildman–Crippen LogP) is 10.5. The second kappa shape index (κ2) is 33.9. The van der Waals surface area contributed by atoms with Crippen molar-refractivity contribution < 1.29 is 33.5 Å². The number of hydrogen-bond donors (Lipinski definition) is 7. The molecule has 3 saturated heterocycles. The van der Waals surface area contributed by atoms with Gasteiger partial charge >= 0.3 is 6.09 Å². The number of anilines is 3. The minimum Gasteiger partial charge on any atom is -0.444 e. The Kier molecular flexibility index (Phi) is 26.0. The monoisotopic (exact) mass is 1520 g/mol. The van der Waals surface area contributed by atoms with Crippen LogP contribution in [0, 0.1) is 16.2 Å². The normalized spacial score (nSPS) is 20.6. The molecule has 3 saturated carbocycles. The molecule has 5 amide bonds. The van der Waals surface area contributed by atoms with Crippen molar-refractivity contribution in [1.29, 1.82) is 0 Å². The molecular formula is C76H98Cl3N21O7. The van der Waals surface area contributed by atoms with Gasteiger partial charge in [-0.2, -0.15) is 30.6 Å². The summed E-state index contributed by atoms with van der Waals surface area (Å²) < 4.78 is 16.2. The number of nitrogens with two attached hydrogens (primary N) is 6. The smallest absolute Gasteiger partial charge is 0.410 e. The maximum atomic E-state index is 12.5. The average Bonchev–Trinajstić information content (AvgIpc) is 1.63. The molecule has 3 aromatic carbocycles. The van der Waals surface area contributed by atoms with Crippen LogP contribution >= 0.6 is 36.4 Å². The van der Waals surface area contributed by atoms with Gasteiger partial charge in [0.2, 0.25) is 11.1 Å². The van der Waals surface area contributed by atoms with Crippen LogP contribution in [0.5, 0.6) is 0 Å². The molecule has 15 rings (SSSR count). The van der Waals surface area contributed by atoms with Crippen molar-refractivity contribution in [1.82, 2.24) is 73.8 Å². The van der Waals surface area contributed by atoms with Crippen molar-refractivity contribution in [2.24, 2.45) is 33.4 Å². The van der Waals surface area contributed by atoms with Gasteiger partial charge in [-0.3, -0.25) is 38.0 Å². The van der Waals surface area contributed by atoms with E-state index in [9.17, 15) is 28.8 Å². The Hall–Kier alpha value is -10.6. The number of nitrogens with zero attached hydrogens (tertiary/aromatic N) is 14. The average molecular weight is 1520 g/mol. The number of benzene rings is 3. The molecule has 31 heteroatoms. The number of amides is 5. The molecule has 28 nitrogen and oxygen atoms in total. The van der Waals surface area contributed by atoms with Crippen LogP contribution in [-0.4, -0.2) is 148 Å². The van der Waals surface area contributed by atoms with Crippen molar-refractivity contribution in [3.8, 4) is 33.8 Å². The van der Waals surface area contributed by atoms with Crippen molar-refractivity contribution in [2.45, 2.75) is 137 Å². The van der Waals surface area contributed by atoms with E-state index >= 15 is 0 Å². The maximum Gasteiger partial charge on any atom is 0.410 e. The van der Waals surface area contributed by atoms with Crippen molar-refractivity contribution in [2.75, 3.05) is 56.5 Å². The fourth-order valence-corrected chi connectivity index (χ4v) is 15.4. The van der Waals surface area contributed by atoms with Crippen LogP contribution < -0.4 is 39.7 Å². The fourth-order valence-electron chi connectivity index (χ4n) is 15.4. The van der Waals surface area contributed by atoms with Crippen LogP contribution in [0.25, 0.3) is 33.8 Å². The third kappa shape index (κ3) is 18.1. The zero-order chi connectivity index (χ0) is 73.1. The first kappa shape index (κ1) is 82.1. The van der Waals surface area contributed by atoms with Gasteiger partial charge in [0.1, 0.15) is 56.8 Å². The van der Waals surface area contributed by atoms with Crippen molar-refractivity contribution in [3.05, 3.63) is 187 Å². The Labute approximate surface area is 640 Å². The molecule has 107 heavy (non-hydrogen) atoms. The van der Waals surface area contributed by atoms with Gasteiger partial charge in [0.25, 0.3) is 17.7 Å². The molecule has 3 spiro atoms. The number of nitrogens with one attached hydrogen (secondary N) is 1. The van der Waals surface area contributed by atoms with Crippen molar-refractivity contribution >= 4 is 88.8 Å². The number of nitrogen functional groups attached to an aromatic ring is 3. The van der Waals surface area contributed by atoms with Gasteiger partial charge in [-0.15, -0.1) is 24.8 Å². The molecule has 0 unspecified atom stereocenters. The van der Waals surface area contributed by atoms with E-state index in [0.717, 1.165) is 106 Å². The quantitative estimate of drug-likeness (QED) is 0.0329. The summed E-state index contributed by atoms with van der Waals surface area (Å²) in [4.78, 5) is 74.3. The van der Waals surface area contributed by atoms with Crippen LogP contribution in [0.4, 0.5) is 22.2 Å². The third-order valence-corrected chi connectivity index (χ3v) is 20.6. The molecule has 6 fully saturated rings. The standard InChI is InChI=1S/C26H33N7O3.C24H27N7O2.C21H25N7O.C3H3ClO.2CH4.2ClH/c1-25(2,3)36-24(35)31-10-9-26(16-31)11-19(12-26)33-22(27)20(23(28)34)21(30-33)18-13-29-32(15-18)14-17-7-5-4-6-8-17;1-2-19(32)29-9-8-24(15-29)10-18(11-24)31-22(25)20(23(26)33)21(28-31)17-12-27-30(14-17)13-16-6-4-3-5-7-16;22-19-17(20(23)29)18(26-28(19)16-8-21(9-16)6-7-24-13-21)15-10-25-27(12-15)11-14-4-2-1-3-5-14;1-2-3(4)5;;;;/h4-8,13,15,19H,9-12,14,16,27H2,1-3H3,(H2,28,34);2-7,12,14,18H,1,8-11,13,15,25H2,(H2,26,33);1-5,10,12,16,24H,6-9,11,13,22H2,(H2,23,29);2H,1H2;2*1H4;2*1H. The van der Waals surface area contributed by atoms with Crippen LogP contribution in [0.1, 0.15) is 159 Å². The largest absolute Gasteiger partial charge is 0.444 e. The summed E-state index contributed by atoms with van der Waals surface area (Å²) in [6.07, 6.45) is 21.2. The highest BCUT2D eigenvalue weighted by Crippen LogP contribution is 2.57. The Bertz CT molecular complexity index is 4620. The lowest BCUT2D eigenvalue weighted by molar-refractivity contribution is -0.125. The fraction of sp³-hybridized carbons (Fsp3) is 0.395. The number of aromatic nitrogens is 12. The number of carbonyl (C=O) groups is 6. The van der Waals surface area contributed by atoms with Gasteiger partial charge in [-0.25, -0.2) is 18.8 Å². The first-order chi connectivity index (χ1) is 49.2. The molecule has 9 heterocycles. The number of hydrogen-bond acceptors (Lipinski definition) is 17. The summed E-state index contributed by atoms with van der Waals surface area (Å²) in [6, 6.07) is 30.4. The molecule has 0 bridgehead atoms. The summed E-state index contributed by atoms with van der Waals surface area (Å²) in [6.45, 7) is 19.0. The van der Waals surface area contributed by atoms with Crippen LogP contribution in [0.3, 0.4) is 0 Å². The van der Waals surface area contributed by atoms with Gasteiger partial charge in [0.15, 0.2) is 0 Å². The zero-order valence-corrected chi connectivity index (χ0v) is 61.3. The number of halogens is 3. The highest BCUT2D eigenvalue weighted by Gasteiger charge is 2.53. The Balaban J connectivity index is 0.000000193. The van der Waals surface area contributed by atoms with Crippen LogP contribution in [0.15, 0.2) is 153 Å². The maximum absolute atomic E-state index is 12.5. The van der Waals surface area contributed by atoms with E-state index in [1.54, 1.807) is 46.9 Å². The summed E-state index contributed by atoms with van der Waals surface area (Å²) >= 11 is 4.71. The lowest BCUT2D eigenvalue weighted by atomic mass is 9.65. The number of likely N-dealkylation sites (tertiary alicyclic amines) is 2. The Morgan fingerprint density at radius 1 is 0.533 bits per heavy atom. The minimum absolute atomic E-state index is 0. The van der Waals surface area contributed by atoms with Gasteiger partial charge in [-0.1, -0.05) is 119 Å². The molecule has 3 aliphatic heterocycles. The predicted molar refractivity (Wildman–Crippen MR) is 418 cm³/mol. The molecule has 13 N–H and O–H groups in total. The summed E-state index contributed by atoms with van der Waals surface area (Å²) in [5.74, 6) is -0.900. The Morgan fingerprint density at radius 3 is 1.16 bits per heavy atom. The molecule has 0 radical (unpaired) electrons. The number of ether oxygens (including phenoxy) is 1. The van der Waals surface area contributed by atoms with E-state index in [4.69, 9.17) is 66.0 Å². The third-order valence-electron chi connectivity index (χ3n) is 20.4. The van der Waals surface area contributed by atoms with E-state index in [0.29, 0.717) is 72.2 Å². The Morgan fingerprint density at radius 2 is 0.860 bits per heavy atom. The highest BCUT2D eigenvalue weighted by atomic mass is 35.5. The molecule has 0 atom stereocenters. The number of allylic oxidation sites excluding steroid dienone is 1. The lowest BCUT2D eigenvalue weighted by Crippen LogP contribution is -2.43. The molecule has 6 aliphatic rings. The van der Waals surface area contributed by atoms with Crippen molar-refractivity contribution in [3.63, 3.8) is 0 Å². The first-order valence-corrected chi connectivity index (χ1v) is 34.8. The molecule has 570 valence electrons. The molecule has 3 aliphatic carbocycles. The summed E-state index contributed by atoms with van der Waals surface area (Å²) in [5, 5.41) is 30.4. The second-order valence-corrected chi connectivity index (χ2v) is 29.3. The summed E-state index contributed by atoms with van der Waals surface area (Å²) in [7, 11) is 0. The molecular weight excluding hydrogens is 1430 g/mol. The summed E-state index contributed by atoms with van der Waals surface area (Å²) in [5.41, 5.74) is 43.8. The van der Waals surface area contributed by atoms with Gasteiger partial charge in [0.05, 0.1) is 56.4 Å². The van der Waals surface area contributed by atoms with Crippen LogP contribution in [-0.2, 0) is 34.0 Å². The topological polar surface area (TPSA) is 393 Å². The zero-order valence-electron chi connectivity index (χ0n) is 58.9. The highest BCUT2D eigenvalue weighted by molar-refractivity contribution is 6.66. The lowest BCUT2D eigenvalue weighted by Gasteiger charge is -2.45. The van der Waals surface area contributed by atoms with E-state index in [-0.39, 0.29) is 109 Å². The van der Waals surface area contributed by atoms with E-state index in [1.165, 1.54) is 12.5 Å². The van der Waals surface area contributed by atoms with E-state index in [2.05, 4.69) is 33.8 Å². The number of rotatable bonds is 17. The number of primary amides is 3. The number of carbonyl (C=O) groups excluding carboxylic acids is 6. The van der Waals surface area contributed by atoms with Gasteiger partial charge < -0.3 is 54.3 Å². The second-order valence-electron chi connectivity index (χ2n) is 29.0. The van der Waals surface area contributed by atoms with Gasteiger partial charge in [0, 0.05) is 68.0 Å². The SMILES string of the molecule is C.C.C=CC(=O)Cl.C=CC(=O)N1CCC2(CC(n3nc(-c4cnn(Cc5ccccc5)c4)c(C(N)=O)c3N)C2)C1.CC(C)(C)OC(=O)N1CCC2(CC(n3nc(-c4cnn(Cc5ccccc5)c4)c(C(N)=O)c3N)C2)C1.Cl.Cl.NC(=O)c1c(-c2cnn(Cc3ccccc3)c2)nn(C2CC3(CCNC3)C2)c1N. The molecule has 9 aromatic rings. The molecule has 6 aromatic heterocycles. The first-order valence-electron chi connectivity index (χ1n) is 34.4. The van der Waals surface area contributed by atoms with Crippen LogP contribution in [0.2, 0.25) is 0 Å². The van der Waals surface area contributed by atoms with E-state index < -0.39 is 28.6 Å². The van der Waals surface area contributed by atoms with E-state index in [1.807, 2.05) is 140 Å². The minimum atomic E-state index is -0.615. The van der Waals surface area contributed by atoms with Gasteiger partial charge in [-0.05, 0) is 142 Å².